The van der Waals surface area contributed by atoms with Crippen LogP contribution in [0.25, 0.3) is 10.2 Å². The number of aromatic nitrogens is 1. The van der Waals surface area contributed by atoms with Crippen molar-refractivity contribution in [3.8, 4) is 0 Å². The van der Waals surface area contributed by atoms with Gasteiger partial charge in [0.15, 0.2) is 0 Å². The number of nitrogens with zero attached hydrogens (tertiary/aromatic N) is 2. The number of carbonyl (C=O) groups excluding carboxylic acids is 1. The highest BCUT2D eigenvalue weighted by molar-refractivity contribution is 7.20. The second-order valence-electron chi connectivity index (χ2n) is 5.82. The minimum atomic E-state index is 0.0560. The molecule has 2 aromatic rings. The predicted molar refractivity (Wildman–Crippen MR) is 80.0 cm³/mol. The van der Waals surface area contributed by atoms with Crippen molar-refractivity contribution in [3.05, 3.63) is 29.3 Å². The van der Waals surface area contributed by atoms with Gasteiger partial charge in [0, 0.05) is 25.3 Å². The number of thiophene rings is 1. The molecule has 1 N–H and O–H groups in total. The van der Waals surface area contributed by atoms with Crippen LogP contribution in [0.2, 0.25) is 0 Å². The third kappa shape index (κ3) is 2.21. The van der Waals surface area contributed by atoms with Crippen molar-refractivity contribution < 1.29 is 4.79 Å². The minimum absolute atomic E-state index is 0.0560. The normalized spacial score (nSPS) is 28.7. The van der Waals surface area contributed by atoms with Crippen molar-refractivity contribution in [2.75, 3.05) is 19.6 Å². The molecule has 2 aliphatic rings. The Labute approximate surface area is 121 Å². The summed E-state index contributed by atoms with van der Waals surface area (Å²) in [5.74, 6) is 0.832. The molecule has 104 valence electrons. The molecule has 2 aromatic heterocycles. The highest BCUT2D eigenvalue weighted by Crippen LogP contribution is 2.28. The maximum atomic E-state index is 12.4. The Bertz CT molecular complexity index is 608. The highest BCUT2D eigenvalue weighted by atomic mass is 32.1. The Morgan fingerprint density at radius 2 is 2.40 bits per heavy atom. The number of pyridine rings is 1. The van der Waals surface area contributed by atoms with Gasteiger partial charge in [-0.2, -0.15) is 0 Å². The van der Waals surface area contributed by atoms with Gasteiger partial charge < -0.3 is 10.2 Å². The summed E-state index contributed by atoms with van der Waals surface area (Å²) >= 11 is 1.52. The quantitative estimate of drug-likeness (QED) is 0.920. The smallest absolute Gasteiger partial charge is 0.261 e. The average Bonchev–Trinajstić information content (AvgIpc) is 3.02. The number of hydrogen-bond donors (Lipinski definition) is 1. The van der Waals surface area contributed by atoms with Crippen LogP contribution in [0.3, 0.4) is 0 Å². The van der Waals surface area contributed by atoms with E-state index < -0.39 is 0 Å². The maximum Gasteiger partial charge on any atom is 0.261 e. The first-order valence-corrected chi connectivity index (χ1v) is 7.97. The molecular formula is C15H17N3OS. The molecule has 5 heteroatoms. The van der Waals surface area contributed by atoms with E-state index in [2.05, 4.69) is 15.2 Å². The Morgan fingerprint density at radius 3 is 3.25 bits per heavy atom. The molecule has 3 atom stereocenters. The minimum Gasteiger partial charge on any atom is -0.347 e. The van der Waals surface area contributed by atoms with Crippen molar-refractivity contribution in [3.63, 3.8) is 0 Å². The number of fused-ring (bicyclic) bond motifs is 3. The van der Waals surface area contributed by atoms with E-state index in [1.807, 2.05) is 18.2 Å². The highest BCUT2D eigenvalue weighted by Gasteiger charge is 2.33. The fraction of sp³-hybridized carbons (Fsp3) is 0.467. The molecule has 4 nitrogen and oxygen atoms in total. The fourth-order valence-electron chi connectivity index (χ4n) is 3.40. The number of amides is 1. The Kier molecular flexibility index (Phi) is 2.97. The maximum absolute atomic E-state index is 12.4. The van der Waals surface area contributed by atoms with Crippen molar-refractivity contribution in [2.45, 2.75) is 18.9 Å². The van der Waals surface area contributed by atoms with Crippen LogP contribution in [0.4, 0.5) is 0 Å². The van der Waals surface area contributed by atoms with Gasteiger partial charge in [-0.25, -0.2) is 0 Å². The van der Waals surface area contributed by atoms with Crippen molar-refractivity contribution in [1.82, 2.24) is 15.2 Å². The van der Waals surface area contributed by atoms with E-state index in [0.717, 1.165) is 34.0 Å². The summed E-state index contributed by atoms with van der Waals surface area (Å²) in [6.07, 6.45) is 4.19. The lowest BCUT2D eigenvalue weighted by Gasteiger charge is -2.30. The van der Waals surface area contributed by atoms with Gasteiger partial charge in [0.25, 0.3) is 5.91 Å². The summed E-state index contributed by atoms with van der Waals surface area (Å²) < 4.78 is 1.07. The fourth-order valence-corrected chi connectivity index (χ4v) is 4.32. The van der Waals surface area contributed by atoms with E-state index in [9.17, 15) is 4.79 Å². The lowest BCUT2D eigenvalue weighted by molar-refractivity contribution is 0.0913. The number of carbonyl (C=O) groups is 1. The van der Waals surface area contributed by atoms with Gasteiger partial charge in [0.05, 0.1) is 15.1 Å². The van der Waals surface area contributed by atoms with Crippen molar-refractivity contribution in [1.29, 1.82) is 0 Å². The summed E-state index contributed by atoms with van der Waals surface area (Å²) in [6.45, 7) is 3.43. The molecule has 4 rings (SSSR count). The zero-order chi connectivity index (χ0) is 13.5. The lowest BCUT2D eigenvalue weighted by Crippen LogP contribution is -2.46. The molecule has 2 aliphatic heterocycles. The zero-order valence-corrected chi connectivity index (χ0v) is 12.0. The first-order chi connectivity index (χ1) is 9.78. The van der Waals surface area contributed by atoms with Gasteiger partial charge in [0.1, 0.15) is 0 Å². The van der Waals surface area contributed by atoms with E-state index in [1.165, 1.54) is 30.8 Å². The first kappa shape index (κ1) is 12.3. The molecule has 2 fully saturated rings. The molecule has 4 heterocycles. The van der Waals surface area contributed by atoms with Crippen LogP contribution in [0.1, 0.15) is 22.5 Å². The summed E-state index contributed by atoms with van der Waals surface area (Å²) in [5, 5.41) is 3.20. The predicted octanol–water partition coefficient (Wildman–Crippen LogP) is 2.12. The summed E-state index contributed by atoms with van der Waals surface area (Å²) in [6, 6.07) is 6.12. The molecule has 0 aromatic carbocycles. The van der Waals surface area contributed by atoms with Gasteiger partial charge in [-0.15, -0.1) is 11.3 Å². The van der Waals surface area contributed by atoms with Gasteiger partial charge in [-0.3, -0.25) is 9.78 Å². The topological polar surface area (TPSA) is 45.2 Å². The van der Waals surface area contributed by atoms with E-state index in [1.54, 1.807) is 6.20 Å². The summed E-state index contributed by atoms with van der Waals surface area (Å²) in [7, 11) is 0. The number of piperidine rings is 1. The van der Waals surface area contributed by atoms with Crippen LogP contribution in [0, 0.1) is 5.92 Å². The molecule has 1 amide bonds. The lowest BCUT2D eigenvalue weighted by atomic mass is 9.97. The largest absolute Gasteiger partial charge is 0.347 e. The standard InChI is InChI=1S/C15H17N3OS/c19-15(14-7-12-13(20-14)2-1-4-16-12)17-11-6-10-3-5-18(8-10)9-11/h1-2,4,7,10-11H,3,5-6,8-9H2,(H,17,19). The van der Waals surface area contributed by atoms with Crippen LogP contribution < -0.4 is 5.32 Å². The number of nitrogens with one attached hydrogen (secondary N) is 1. The van der Waals surface area contributed by atoms with E-state index >= 15 is 0 Å². The molecule has 0 aliphatic carbocycles. The SMILES string of the molecule is O=C(NC1CC2CCN(C2)C1)c1cc2ncccc2s1. The molecule has 0 saturated carbocycles. The Morgan fingerprint density at radius 1 is 1.45 bits per heavy atom. The molecule has 2 saturated heterocycles. The van der Waals surface area contributed by atoms with Crippen LogP contribution in [0.5, 0.6) is 0 Å². The second-order valence-corrected chi connectivity index (χ2v) is 6.90. The van der Waals surface area contributed by atoms with Crippen LogP contribution in [0.15, 0.2) is 24.4 Å². The van der Waals surface area contributed by atoms with Gasteiger partial charge >= 0.3 is 0 Å². The Balaban J connectivity index is 1.49. The van der Waals surface area contributed by atoms with Crippen molar-refractivity contribution >= 4 is 27.5 Å². The Hall–Kier alpha value is -1.46. The van der Waals surface area contributed by atoms with E-state index in [4.69, 9.17) is 0 Å². The monoisotopic (exact) mass is 287 g/mol. The molecule has 2 bridgehead atoms. The van der Waals surface area contributed by atoms with E-state index in [-0.39, 0.29) is 5.91 Å². The van der Waals surface area contributed by atoms with Crippen molar-refractivity contribution in [2.24, 2.45) is 5.92 Å². The molecule has 20 heavy (non-hydrogen) atoms. The average molecular weight is 287 g/mol. The van der Waals surface area contributed by atoms with Gasteiger partial charge in [0.2, 0.25) is 0 Å². The zero-order valence-electron chi connectivity index (χ0n) is 11.2. The second kappa shape index (κ2) is 4.82. The number of hydrogen-bond acceptors (Lipinski definition) is 4. The third-order valence-electron chi connectivity index (χ3n) is 4.31. The summed E-state index contributed by atoms with van der Waals surface area (Å²) in [4.78, 5) is 19.9. The molecular weight excluding hydrogens is 270 g/mol. The van der Waals surface area contributed by atoms with Crippen LogP contribution in [-0.2, 0) is 0 Å². The van der Waals surface area contributed by atoms with E-state index in [0.29, 0.717) is 6.04 Å². The third-order valence-corrected chi connectivity index (χ3v) is 5.40. The molecule has 0 radical (unpaired) electrons. The number of rotatable bonds is 2. The summed E-state index contributed by atoms with van der Waals surface area (Å²) in [5.41, 5.74) is 0.912. The first-order valence-electron chi connectivity index (χ1n) is 7.16. The van der Waals surface area contributed by atoms with Crippen LogP contribution >= 0.6 is 11.3 Å². The van der Waals surface area contributed by atoms with Gasteiger partial charge in [-0.1, -0.05) is 0 Å². The molecule has 0 spiro atoms. The van der Waals surface area contributed by atoms with Gasteiger partial charge in [-0.05, 0) is 43.5 Å². The van der Waals surface area contributed by atoms with Crippen LogP contribution in [-0.4, -0.2) is 41.5 Å². The molecule has 3 unspecified atom stereocenters.